The molecule has 0 unspecified atom stereocenters. The summed E-state index contributed by atoms with van der Waals surface area (Å²) >= 11 is 12.9. The minimum atomic E-state index is -0.101. The summed E-state index contributed by atoms with van der Waals surface area (Å²) in [6.07, 6.45) is 16.4. The van der Waals surface area contributed by atoms with Gasteiger partial charge in [0.05, 0.1) is 34.9 Å². The second kappa shape index (κ2) is 8.74. The van der Waals surface area contributed by atoms with E-state index in [9.17, 15) is 0 Å². The summed E-state index contributed by atoms with van der Waals surface area (Å²) in [4.78, 5) is 4.09. The highest BCUT2D eigenvalue weighted by Gasteiger charge is 2.50. The third kappa shape index (κ3) is 4.23. The first-order chi connectivity index (χ1) is 17.5. The Morgan fingerprint density at radius 3 is 2.39 bits per heavy atom. The van der Waals surface area contributed by atoms with Crippen LogP contribution in [0, 0.1) is 5.41 Å². The summed E-state index contributed by atoms with van der Waals surface area (Å²) in [7, 11) is 0. The molecule has 190 valence electrons. The van der Waals surface area contributed by atoms with Crippen molar-refractivity contribution in [1.29, 1.82) is 0 Å². The summed E-state index contributed by atoms with van der Waals surface area (Å²) in [5, 5.41) is 9.95. The van der Waals surface area contributed by atoms with Crippen LogP contribution < -0.4 is 4.74 Å². The molecule has 7 nitrogen and oxygen atoms in total. The summed E-state index contributed by atoms with van der Waals surface area (Å²) in [6, 6.07) is 2.59. The fraction of sp³-hybridized carbons (Fsp3) is 0.593. The fourth-order valence-electron chi connectivity index (χ4n) is 6.02. The minimum absolute atomic E-state index is 0.101. The normalized spacial score (nSPS) is 27.5. The van der Waals surface area contributed by atoms with Gasteiger partial charge in [-0.1, -0.05) is 28.4 Å². The lowest BCUT2D eigenvalue weighted by Crippen LogP contribution is -2.49. The topological polar surface area (TPSA) is 75.2 Å². The Labute approximate surface area is 220 Å². The summed E-state index contributed by atoms with van der Waals surface area (Å²) in [5.41, 5.74) is 2.47. The van der Waals surface area contributed by atoms with Crippen LogP contribution >= 0.6 is 23.2 Å². The van der Waals surface area contributed by atoms with Gasteiger partial charge in [0, 0.05) is 47.1 Å². The smallest absolute Gasteiger partial charge is 0.232 e. The molecule has 5 fully saturated rings. The van der Waals surface area contributed by atoms with E-state index in [1.54, 1.807) is 12.4 Å². The van der Waals surface area contributed by atoms with Crippen molar-refractivity contribution in [1.82, 2.24) is 19.9 Å². The van der Waals surface area contributed by atoms with E-state index in [0.717, 1.165) is 75.2 Å². The van der Waals surface area contributed by atoms with Gasteiger partial charge in [0.25, 0.3) is 0 Å². The van der Waals surface area contributed by atoms with Crippen molar-refractivity contribution in [2.45, 2.75) is 88.4 Å². The third-order valence-corrected chi connectivity index (χ3v) is 9.32. The number of rotatable bonds is 9. The third-order valence-electron chi connectivity index (χ3n) is 8.74. The van der Waals surface area contributed by atoms with Gasteiger partial charge in [-0.25, -0.2) is 0 Å². The van der Waals surface area contributed by atoms with Gasteiger partial charge in [-0.15, -0.1) is 5.10 Å². The zero-order chi connectivity index (χ0) is 24.3. The zero-order valence-electron chi connectivity index (χ0n) is 20.2. The second-order valence-electron chi connectivity index (χ2n) is 11.3. The molecule has 0 N–H and O–H groups in total. The van der Waals surface area contributed by atoms with E-state index in [2.05, 4.69) is 19.9 Å². The van der Waals surface area contributed by atoms with Gasteiger partial charge < -0.3 is 14.0 Å². The number of pyridine rings is 1. The number of fused-ring (bicyclic) bond motifs is 3. The molecule has 3 aromatic heterocycles. The molecule has 5 saturated carbocycles. The van der Waals surface area contributed by atoms with E-state index in [4.69, 9.17) is 37.2 Å². The highest BCUT2D eigenvalue weighted by Crippen LogP contribution is 2.55. The van der Waals surface area contributed by atoms with Crippen LogP contribution in [0.25, 0.3) is 11.3 Å². The van der Waals surface area contributed by atoms with Crippen LogP contribution in [-0.4, -0.2) is 32.1 Å². The molecular weight excluding hydrogens is 499 g/mol. The van der Waals surface area contributed by atoms with E-state index in [1.807, 2.05) is 12.3 Å². The van der Waals surface area contributed by atoms with Crippen LogP contribution in [0.15, 0.2) is 29.2 Å². The maximum absolute atomic E-state index is 6.75. The van der Waals surface area contributed by atoms with Crippen LogP contribution in [0.2, 0.25) is 10.0 Å². The van der Waals surface area contributed by atoms with Crippen molar-refractivity contribution in [2.24, 2.45) is 5.41 Å². The molecule has 5 aliphatic rings. The molecule has 0 spiro atoms. The molecule has 0 amide bonds. The van der Waals surface area contributed by atoms with Crippen molar-refractivity contribution in [3.05, 3.63) is 46.0 Å². The lowest BCUT2D eigenvalue weighted by atomic mass is 9.59. The number of nitrogens with zero attached hydrogens (tertiary/aromatic N) is 4. The molecule has 8 rings (SSSR count). The average Bonchev–Trinajstić information content (AvgIpc) is 3.83. The molecule has 36 heavy (non-hydrogen) atoms. The Morgan fingerprint density at radius 2 is 1.72 bits per heavy atom. The van der Waals surface area contributed by atoms with Gasteiger partial charge in [0.15, 0.2) is 0 Å². The summed E-state index contributed by atoms with van der Waals surface area (Å²) < 4.78 is 20.8. The van der Waals surface area contributed by atoms with Gasteiger partial charge in [-0.3, -0.25) is 9.67 Å². The number of aromatic nitrogens is 4. The Hall–Kier alpha value is -2.09. The van der Waals surface area contributed by atoms with Gasteiger partial charge >= 0.3 is 0 Å². The van der Waals surface area contributed by atoms with Crippen LogP contribution in [0.5, 0.6) is 5.88 Å². The Kier molecular flexibility index (Phi) is 5.60. The minimum Gasteiger partial charge on any atom is -0.476 e. The SMILES string of the molecule is Clc1cncc(Cl)c1-c1noc(C2CC2)c1COC12CCC(COc3ccn(C4CC4)n3)(CC1)CC2. The molecule has 0 aromatic carbocycles. The number of hydrogen-bond donors (Lipinski definition) is 0. The highest BCUT2D eigenvalue weighted by molar-refractivity contribution is 6.38. The fourth-order valence-corrected chi connectivity index (χ4v) is 6.56. The van der Waals surface area contributed by atoms with E-state index >= 15 is 0 Å². The Morgan fingerprint density at radius 1 is 1.00 bits per heavy atom. The lowest BCUT2D eigenvalue weighted by Gasteiger charge is -2.52. The first kappa shape index (κ1) is 23.1. The van der Waals surface area contributed by atoms with E-state index in [-0.39, 0.29) is 11.0 Å². The average molecular weight is 529 g/mol. The first-order valence-corrected chi connectivity index (χ1v) is 13.9. The first-order valence-electron chi connectivity index (χ1n) is 13.1. The Bertz CT molecular complexity index is 1240. The van der Waals surface area contributed by atoms with Crippen molar-refractivity contribution in [3.8, 4) is 17.1 Å². The molecule has 9 heteroatoms. The number of ether oxygens (including phenoxy) is 2. The molecule has 0 saturated heterocycles. The molecular formula is C27H30Cl2N4O3. The second-order valence-corrected chi connectivity index (χ2v) is 12.1. The molecule has 3 aromatic rings. The largest absolute Gasteiger partial charge is 0.476 e. The zero-order valence-corrected chi connectivity index (χ0v) is 21.7. The van der Waals surface area contributed by atoms with Crippen LogP contribution in [0.4, 0.5) is 0 Å². The van der Waals surface area contributed by atoms with Crippen molar-refractivity contribution in [2.75, 3.05) is 6.61 Å². The Balaban J connectivity index is 1.03. The highest BCUT2D eigenvalue weighted by atomic mass is 35.5. The maximum Gasteiger partial charge on any atom is 0.232 e. The monoisotopic (exact) mass is 528 g/mol. The van der Waals surface area contributed by atoms with Crippen LogP contribution in [-0.2, 0) is 11.3 Å². The predicted molar refractivity (Wildman–Crippen MR) is 135 cm³/mol. The number of hydrogen-bond acceptors (Lipinski definition) is 6. The molecule has 2 bridgehead atoms. The predicted octanol–water partition coefficient (Wildman–Crippen LogP) is 7.14. The van der Waals surface area contributed by atoms with E-state index in [1.165, 1.54) is 12.8 Å². The molecule has 5 aliphatic carbocycles. The quantitative estimate of drug-likeness (QED) is 0.293. The van der Waals surface area contributed by atoms with Gasteiger partial charge in [0.1, 0.15) is 11.5 Å². The van der Waals surface area contributed by atoms with Gasteiger partial charge in [-0.2, -0.15) is 0 Å². The van der Waals surface area contributed by atoms with Crippen LogP contribution in [0.3, 0.4) is 0 Å². The van der Waals surface area contributed by atoms with E-state index < -0.39 is 0 Å². The van der Waals surface area contributed by atoms with Crippen LogP contribution in [0.1, 0.15) is 87.5 Å². The summed E-state index contributed by atoms with van der Waals surface area (Å²) in [5.74, 6) is 2.09. The van der Waals surface area contributed by atoms with Crippen molar-refractivity contribution in [3.63, 3.8) is 0 Å². The molecule has 3 heterocycles. The maximum atomic E-state index is 6.75. The molecule has 0 atom stereocenters. The van der Waals surface area contributed by atoms with E-state index in [0.29, 0.717) is 39.9 Å². The van der Waals surface area contributed by atoms with Gasteiger partial charge in [-0.05, 0) is 64.2 Å². The molecule has 0 aliphatic heterocycles. The van der Waals surface area contributed by atoms with Crippen molar-refractivity contribution < 1.29 is 14.0 Å². The van der Waals surface area contributed by atoms with Crippen molar-refractivity contribution >= 4 is 23.2 Å². The lowest BCUT2D eigenvalue weighted by molar-refractivity contribution is -0.150. The number of halogens is 2. The standard InChI is InChI=1S/C27H30Cl2N4O3/c28-20-13-30-14-21(29)23(20)24-19(25(36-32-24)17-1-2-17)15-35-27-9-6-26(7-10-27,8-11-27)16-34-22-5-12-33(31-22)18-3-4-18/h5,12-14,17-18H,1-4,6-11,15-16H2. The molecule has 0 radical (unpaired) electrons. The van der Waals surface area contributed by atoms with Gasteiger partial charge in [0.2, 0.25) is 5.88 Å². The summed E-state index contributed by atoms with van der Waals surface area (Å²) in [6.45, 7) is 1.20.